The van der Waals surface area contributed by atoms with E-state index in [2.05, 4.69) is 9.97 Å². The van der Waals surface area contributed by atoms with E-state index in [-0.39, 0.29) is 6.61 Å². The molecule has 0 aromatic carbocycles. The molecular weight excluding hydrogens is 140 g/mol. The van der Waals surface area contributed by atoms with Crippen molar-refractivity contribution in [2.75, 3.05) is 0 Å². The van der Waals surface area contributed by atoms with Crippen molar-refractivity contribution in [3.63, 3.8) is 0 Å². The van der Waals surface area contributed by atoms with E-state index in [0.29, 0.717) is 10.8 Å². The van der Waals surface area contributed by atoms with Crippen LogP contribution in [0.4, 0.5) is 0 Å². The average Bonchev–Trinajstić information content (AvgIpc) is 1.88. The van der Waals surface area contributed by atoms with E-state index >= 15 is 0 Å². The van der Waals surface area contributed by atoms with Gasteiger partial charge in [-0.3, -0.25) is 0 Å². The van der Waals surface area contributed by atoms with Crippen LogP contribution >= 0.6 is 11.6 Å². The zero-order valence-electron chi connectivity index (χ0n) is 4.58. The molecule has 0 aliphatic carbocycles. The van der Waals surface area contributed by atoms with Crippen LogP contribution in [-0.4, -0.2) is 15.1 Å². The fourth-order valence-corrected chi connectivity index (χ4v) is 0.626. The second kappa shape index (κ2) is 2.75. The molecule has 48 valence electrons. The number of aliphatic hydroxyl groups is 1. The predicted octanol–water partition coefficient (Wildman–Crippen LogP) is 0.622. The van der Waals surface area contributed by atoms with Gasteiger partial charge < -0.3 is 5.11 Å². The monoisotopic (exact) mass is 144 g/mol. The highest BCUT2D eigenvalue weighted by atomic mass is 35.5. The molecule has 0 saturated heterocycles. The van der Waals surface area contributed by atoms with Gasteiger partial charge in [0.05, 0.1) is 12.3 Å². The summed E-state index contributed by atoms with van der Waals surface area (Å²) in [6.07, 6.45) is 1.31. The minimum absolute atomic E-state index is 0.0950. The van der Waals surface area contributed by atoms with Gasteiger partial charge in [-0.2, -0.15) is 0 Å². The van der Waals surface area contributed by atoms with Crippen LogP contribution in [0.3, 0.4) is 0 Å². The van der Waals surface area contributed by atoms with Crippen LogP contribution in [0, 0.1) is 0 Å². The van der Waals surface area contributed by atoms with Gasteiger partial charge in [0.15, 0.2) is 0 Å². The molecule has 4 heteroatoms. The second-order valence-corrected chi connectivity index (χ2v) is 1.88. The van der Waals surface area contributed by atoms with Crippen LogP contribution in [-0.2, 0) is 6.61 Å². The lowest BCUT2D eigenvalue weighted by Gasteiger charge is -1.91. The first-order valence-electron chi connectivity index (χ1n) is 2.40. The van der Waals surface area contributed by atoms with Crippen molar-refractivity contribution in [2.45, 2.75) is 6.61 Å². The molecule has 0 radical (unpaired) electrons. The summed E-state index contributed by atoms with van der Waals surface area (Å²) in [6.45, 7) is -0.0950. The SMILES string of the molecule is OCc1cc(Cl)ncn1. The molecule has 0 amide bonds. The van der Waals surface area contributed by atoms with E-state index < -0.39 is 0 Å². The number of aromatic nitrogens is 2. The van der Waals surface area contributed by atoms with Crippen LogP contribution in [0.25, 0.3) is 0 Å². The summed E-state index contributed by atoms with van der Waals surface area (Å²) >= 11 is 5.46. The van der Waals surface area contributed by atoms with Gasteiger partial charge in [0.1, 0.15) is 11.5 Å². The largest absolute Gasteiger partial charge is 0.390 e. The van der Waals surface area contributed by atoms with E-state index in [9.17, 15) is 0 Å². The first kappa shape index (κ1) is 6.45. The molecule has 0 fully saturated rings. The Hall–Kier alpha value is -0.670. The van der Waals surface area contributed by atoms with Crippen LogP contribution < -0.4 is 0 Å². The zero-order valence-corrected chi connectivity index (χ0v) is 5.34. The lowest BCUT2D eigenvalue weighted by Crippen LogP contribution is -1.88. The summed E-state index contributed by atoms with van der Waals surface area (Å²) in [5, 5.41) is 8.87. The van der Waals surface area contributed by atoms with Gasteiger partial charge in [0, 0.05) is 0 Å². The van der Waals surface area contributed by atoms with E-state index in [1.807, 2.05) is 0 Å². The van der Waals surface area contributed by atoms with Gasteiger partial charge in [-0.05, 0) is 6.07 Å². The van der Waals surface area contributed by atoms with Gasteiger partial charge in [-0.1, -0.05) is 11.6 Å². The van der Waals surface area contributed by atoms with Crippen molar-refractivity contribution < 1.29 is 5.11 Å². The summed E-state index contributed by atoms with van der Waals surface area (Å²) < 4.78 is 0. The Morgan fingerprint density at radius 3 is 2.78 bits per heavy atom. The highest BCUT2D eigenvalue weighted by Crippen LogP contribution is 2.02. The van der Waals surface area contributed by atoms with Crippen molar-refractivity contribution in [3.05, 3.63) is 23.2 Å². The molecule has 1 heterocycles. The number of aliphatic hydroxyl groups excluding tert-OH is 1. The maximum atomic E-state index is 8.51. The first-order valence-corrected chi connectivity index (χ1v) is 2.78. The van der Waals surface area contributed by atoms with Crippen molar-refractivity contribution >= 4 is 11.6 Å². The summed E-state index contributed by atoms with van der Waals surface area (Å²) in [4.78, 5) is 7.34. The first-order chi connectivity index (χ1) is 4.33. The van der Waals surface area contributed by atoms with Gasteiger partial charge in [-0.15, -0.1) is 0 Å². The second-order valence-electron chi connectivity index (χ2n) is 1.49. The van der Waals surface area contributed by atoms with Gasteiger partial charge in [0.25, 0.3) is 0 Å². The molecule has 0 aliphatic rings. The molecule has 1 rings (SSSR count). The number of rotatable bonds is 1. The summed E-state index contributed by atoms with van der Waals surface area (Å²) in [5.41, 5.74) is 0.537. The molecule has 0 atom stereocenters. The van der Waals surface area contributed by atoms with Crippen molar-refractivity contribution in [2.24, 2.45) is 0 Å². The minimum atomic E-state index is -0.0950. The lowest BCUT2D eigenvalue weighted by molar-refractivity contribution is 0.276. The number of halogens is 1. The molecule has 0 saturated carbocycles. The fourth-order valence-electron chi connectivity index (χ4n) is 0.457. The fraction of sp³-hybridized carbons (Fsp3) is 0.200. The van der Waals surface area contributed by atoms with Crippen LogP contribution in [0.5, 0.6) is 0 Å². The molecule has 3 nitrogen and oxygen atoms in total. The van der Waals surface area contributed by atoms with Crippen molar-refractivity contribution in [1.29, 1.82) is 0 Å². The Balaban J connectivity index is 2.94. The molecule has 9 heavy (non-hydrogen) atoms. The Kier molecular flexibility index (Phi) is 1.97. The van der Waals surface area contributed by atoms with E-state index in [0.717, 1.165) is 0 Å². The van der Waals surface area contributed by atoms with Gasteiger partial charge in [-0.25, -0.2) is 9.97 Å². The molecule has 1 N–H and O–H groups in total. The smallest absolute Gasteiger partial charge is 0.132 e. The standard InChI is InChI=1S/C5H5ClN2O/c6-5-1-4(2-9)7-3-8-5/h1,3,9H,2H2. The molecular formula is C5H5ClN2O. The third-order valence-corrected chi connectivity index (χ3v) is 1.06. The van der Waals surface area contributed by atoms with Crippen LogP contribution in [0.2, 0.25) is 5.15 Å². The molecule has 0 spiro atoms. The Morgan fingerprint density at radius 2 is 2.33 bits per heavy atom. The maximum Gasteiger partial charge on any atom is 0.132 e. The highest BCUT2D eigenvalue weighted by molar-refractivity contribution is 6.29. The summed E-state index contributed by atoms with van der Waals surface area (Å²) in [5.74, 6) is 0. The van der Waals surface area contributed by atoms with Crippen molar-refractivity contribution in [3.8, 4) is 0 Å². The average molecular weight is 145 g/mol. The summed E-state index contributed by atoms with van der Waals surface area (Å²) in [6, 6.07) is 1.52. The maximum absolute atomic E-state index is 8.51. The van der Waals surface area contributed by atoms with Crippen LogP contribution in [0.1, 0.15) is 5.69 Å². The highest BCUT2D eigenvalue weighted by Gasteiger charge is 1.91. The normalized spacial score (nSPS) is 9.56. The summed E-state index contributed by atoms with van der Waals surface area (Å²) in [7, 11) is 0. The van der Waals surface area contributed by atoms with E-state index in [1.165, 1.54) is 12.4 Å². The third-order valence-electron chi connectivity index (χ3n) is 0.852. The zero-order chi connectivity index (χ0) is 6.69. The molecule has 0 bridgehead atoms. The molecule has 1 aromatic heterocycles. The third kappa shape index (κ3) is 1.62. The van der Waals surface area contributed by atoms with Gasteiger partial charge >= 0.3 is 0 Å². The van der Waals surface area contributed by atoms with E-state index in [4.69, 9.17) is 16.7 Å². The number of hydrogen-bond acceptors (Lipinski definition) is 3. The minimum Gasteiger partial charge on any atom is -0.390 e. The van der Waals surface area contributed by atoms with Crippen molar-refractivity contribution in [1.82, 2.24) is 9.97 Å². The Morgan fingerprint density at radius 1 is 1.56 bits per heavy atom. The Bertz CT molecular complexity index is 204. The van der Waals surface area contributed by atoms with E-state index in [1.54, 1.807) is 0 Å². The molecule has 1 aromatic rings. The molecule has 0 unspecified atom stereocenters. The Labute approximate surface area is 57.3 Å². The topological polar surface area (TPSA) is 46.0 Å². The number of nitrogens with zero attached hydrogens (tertiary/aromatic N) is 2. The van der Waals surface area contributed by atoms with Gasteiger partial charge in [0.2, 0.25) is 0 Å². The number of hydrogen-bond donors (Lipinski definition) is 1. The van der Waals surface area contributed by atoms with Crippen LogP contribution in [0.15, 0.2) is 12.4 Å². The quantitative estimate of drug-likeness (QED) is 0.588. The lowest BCUT2D eigenvalue weighted by atomic mass is 10.4. The molecule has 0 aliphatic heterocycles. The predicted molar refractivity (Wildman–Crippen MR) is 33.0 cm³/mol.